The lowest BCUT2D eigenvalue weighted by Gasteiger charge is -2.35. The number of carbonyl (C=O) groups is 2. The molecule has 31 heavy (non-hydrogen) atoms. The van der Waals surface area contributed by atoms with Gasteiger partial charge in [0.1, 0.15) is 12.3 Å². The molecule has 2 amide bonds. The Balaban J connectivity index is 1.71. The van der Waals surface area contributed by atoms with Gasteiger partial charge in [-0.15, -0.1) is 0 Å². The van der Waals surface area contributed by atoms with Gasteiger partial charge in [0.15, 0.2) is 0 Å². The molecular weight excluding hydrogens is 390 g/mol. The topological polar surface area (TPSA) is 53.1 Å². The number of fused-ring (bicyclic) bond motifs is 6. The largest absolute Gasteiger partial charge is 0.494 e. The number of benzene rings is 2. The summed E-state index contributed by atoms with van der Waals surface area (Å²) in [5, 5.41) is 0. The summed E-state index contributed by atoms with van der Waals surface area (Å²) < 4.78 is 6.01. The summed E-state index contributed by atoms with van der Waals surface area (Å²) in [7, 11) is 1.80. The zero-order chi connectivity index (χ0) is 21.6. The van der Waals surface area contributed by atoms with E-state index in [0.29, 0.717) is 13.2 Å². The van der Waals surface area contributed by atoms with Crippen molar-refractivity contribution in [2.75, 3.05) is 44.7 Å². The van der Waals surface area contributed by atoms with Crippen LogP contribution in [0.2, 0.25) is 0 Å². The van der Waals surface area contributed by atoms with E-state index in [-0.39, 0.29) is 24.4 Å². The molecule has 1 fully saturated rings. The van der Waals surface area contributed by atoms with E-state index in [2.05, 4.69) is 30.0 Å². The molecule has 4 bridgehead atoms. The van der Waals surface area contributed by atoms with E-state index in [1.165, 1.54) is 0 Å². The van der Waals surface area contributed by atoms with Crippen LogP contribution in [0.1, 0.15) is 36.9 Å². The summed E-state index contributed by atoms with van der Waals surface area (Å²) in [6.07, 6.45) is 1.48. The van der Waals surface area contributed by atoms with Crippen LogP contribution in [0.4, 0.5) is 5.69 Å². The summed E-state index contributed by atoms with van der Waals surface area (Å²) in [6.45, 7) is 5.07. The molecule has 6 nitrogen and oxygen atoms in total. The molecule has 3 aliphatic rings. The van der Waals surface area contributed by atoms with Crippen LogP contribution < -0.4 is 9.64 Å². The molecule has 0 N–H and O–H groups in total. The highest BCUT2D eigenvalue weighted by atomic mass is 16.5. The van der Waals surface area contributed by atoms with Crippen molar-refractivity contribution in [3.05, 3.63) is 59.7 Å². The first-order valence-corrected chi connectivity index (χ1v) is 11.2. The van der Waals surface area contributed by atoms with E-state index in [9.17, 15) is 9.59 Å². The molecule has 1 saturated heterocycles. The van der Waals surface area contributed by atoms with Gasteiger partial charge in [-0.25, -0.2) is 0 Å². The van der Waals surface area contributed by atoms with Crippen LogP contribution in [0.15, 0.2) is 48.5 Å². The quantitative estimate of drug-likeness (QED) is 0.713. The maximum atomic E-state index is 14.1. The highest BCUT2D eigenvalue weighted by Crippen LogP contribution is 2.56. The third-order valence-corrected chi connectivity index (χ3v) is 7.13. The molecule has 0 radical (unpaired) electrons. The Morgan fingerprint density at radius 3 is 2.77 bits per heavy atom. The average molecular weight is 420 g/mol. The Morgan fingerprint density at radius 2 is 1.94 bits per heavy atom. The number of carbonyl (C=O) groups excluding carboxylic acids is 2. The van der Waals surface area contributed by atoms with E-state index in [1.807, 2.05) is 30.3 Å². The van der Waals surface area contributed by atoms with Crippen molar-refractivity contribution >= 4 is 17.5 Å². The lowest BCUT2D eigenvalue weighted by molar-refractivity contribution is -0.131. The van der Waals surface area contributed by atoms with E-state index < -0.39 is 5.41 Å². The lowest BCUT2D eigenvalue weighted by Crippen LogP contribution is -2.47. The second-order valence-electron chi connectivity index (χ2n) is 8.75. The van der Waals surface area contributed by atoms with Gasteiger partial charge in [0.25, 0.3) is 0 Å². The van der Waals surface area contributed by atoms with E-state index >= 15 is 0 Å². The van der Waals surface area contributed by atoms with E-state index in [4.69, 9.17) is 4.74 Å². The van der Waals surface area contributed by atoms with Gasteiger partial charge in [0, 0.05) is 25.8 Å². The van der Waals surface area contributed by atoms with Crippen LogP contribution in [0, 0.1) is 0 Å². The zero-order valence-corrected chi connectivity index (χ0v) is 18.2. The third kappa shape index (κ3) is 3.04. The van der Waals surface area contributed by atoms with Gasteiger partial charge in [-0.2, -0.15) is 0 Å². The number of hydrogen-bond acceptors (Lipinski definition) is 4. The number of rotatable bonds is 1. The van der Waals surface area contributed by atoms with Crippen LogP contribution in [0.5, 0.6) is 5.75 Å². The monoisotopic (exact) mass is 419 g/mol. The van der Waals surface area contributed by atoms with Gasteiger partial charge in [-0.3, -0.25) is 14.5 Å². The van der Waals surface area contributed by atoms with Crippen molar-refractivity contribution in [3.8, 4) is 5.75 Å². The molecule has 0 unspecified atom stereocenters. The number of nitrogens with zero attached hydrogens (tertiary/aromatic N) is 3. The average Bonchev–Trinajstić information content (AvgIpc) is 3.29. The van der Waals surface area contributed by atoms with E-state index in [1.54, 1.807) is 16.8 Å². The highest BCUT2D eigenvalue weighted by molar-refractivity contribution is 6.11. The van der Waals surface area contributed by atoms with Crippen LogP contribution in [-0.2, 0) is 15.0 Å². The van der Waals surface area contributed by atoms with Crippen LogP contribution in [0.25, 0.3) is 0 Å². The molecule has 0 aliphatic carbocycles. The van der Waals surface area contributed by atoms with Gasteiger partial charge in [0.05, 0.1) is 18.1 Å². The van der Waals surface area contributed by atoms with Gasteiger partial charge < -0.3 is 14.5 Å². The Kier molecular flexibility index (Phi) is 4.97. The molecule has 5 rings (SSSR count). The first kappa shape index (κ1) is 20.1. The summed E-state index contributed by atoms with van der Waals surface area (Å²) in [5.74, 6) is 0.815. The molecule has 2 atom stereocenters. The molecule has 1 spiro atoms. The normalized spacial score (nSPS) is 26.3. The second-order valence-corrected chi connectivity index (χ2v) is 8.75. The SMILES string of the molecule is CCN1CC[C@]23C(=O)N(CC(=O)N(C)CCCOc4cccc(c4)[C@H]12)c1ccccc13. The summed E-state index contributed by atoms with van der Waals surface area (Å²) in [6, 6.07) is 16.1. The number of ether oxygens (including phenoxy) is 1. The number of hydrogen-bond donors (Lipinski definition) is 0. The number of likely N-dealkylation sites (N-methyl/N-ethyl adjacent to an activating group) is 2. The molecule has 6 heteroatoms. The predicted molar refractivity (Wildman–Crippen MR) is 119 cm³/mol. The first-order valence-electron chi connectivity index (χ1n) is 11.2. The summed E-state index contributed by atoms with van der Waals surface area (Å²) in [4.78, 5) is 32.9. The standard InChI is InChI=1S/C25H29N3O3/c1-3-27-14-12-25-20-10-4-5-11-21(20)28(24(25)30)17-22(29)26(2)13-7-15-31-19-9-6-8-18(16-19)23(25)27/h4-6,8-11,16,23H,3,7,12-15,17H2,1-2H3/t23-,25+/m0/s1. The van der Waals surface area contributed by atoms with Crippen LogP contribution in [0.3, 0.4) is 0 Å². The molecule has 3 heterocycles. The maximum Gasteiger partial charge on any atom is 0.242 e. The van der Waals surface area contributed by atoms with Crippen molar-refractivity contribution < 1.29 is 14.3 Å². The predicted octanol–water partition coefficient (Wildman–Crippen LogP) is 2.98. The minimum absolute atomic E-state index is 0.0415. The molecular formula is C25H29N3O3. The minimum Gasteiger partial charge on any atom is -0.494 e. The molecule has 0 saturated carbocycles. The minimum atomic E-state index is -0.686. The smallest absolute Gasteiger partial charge is 0.242 e. The number of para-hydroxylation sites is 1. The summed E-state index contributed by atoms with van der Waals surface area (Å²) in [5.41, 5.74) is 2.33. The van der Waals surface area contributed by atoms with E-state index in [0.717, 1.165) is 48.5 Å². The van der Waals surface area contributed by atoms with Crippen molar-refractivity contribution in [2.45, 2.75) is 31.2 Å². The first-order chi connectivity index (χ1) is 15.1. The van der Waals surface area contributed by atoms with Gasteiger partial charge in [-0.1, -0.05) is 37.3 Å². The molecule has 3 aliphatic heterocycles. The van der Waals surface area contributed by atoms with Gasteiger partial charge in [-0.05, 0) is 48.7 Å². The fraction of sp³-hybridized carbons (Fsp3) is 0.440. The Labute approximate surface area is 183 Å². The second kappa shape index (κ2) is 7.68. The van der Waals surface area contributed by atoms with Crippen molar-refractivity contribution in [1.29, 1.82) is 0 Å². The van der Waals surface area contributed by atoms with Crippen molar-refractivity contribution in [3.63, 3.8) is 0 Å². The Morgan fingerprint density at radius 1 is 1.10 bits per heavy atom. The number of amides is 2. The number of likely N-dealkylation sites (tertiary alicyclic amines) is 1. The highest BCUT2D eigenvalue weighted by Gasteiger charge is 2.60. The number of anilines is 1. The van der Waals surface area contributed by atoms with Gasteiger partial charge in [0.2, 0.25) is 11.8 Å². The van der Waals surface area contributed by atoms with Crippen molar-refractivity contribution in [1.82, 2.24) is 9.80 Å². The molecule has 0 aromatic heterocycles. The lowest BCUT2D eigenvalue weighted by atomic mass is 9.72. The molecule has 162 valence electrons. The van der Waals surface area contributed by atoms with Crippen molar-refractivity contribution in [2.24, 2.45) is 0 Å². The zero-order valence-electron chi connectivity index (χ0n) is 18.2. The fourth-order valence-corrected chi connectivity index (χ4v) is 5.59. The summed E-state index contributed by atoms with van der Waals surface area (Å²) >= 11 is 0. The van der Waals surface area contributed by atoms with Crippen LogP contribution in [-0.4, -0.2) is 61.4 Å². The Hall–Kier alpha value is -2.86. The molecule has 2 aromatic rings. The maximum absolute atomic E-state index is 14.1. The third-order valence-electron chi connectivity index (χ3n) is 7.13. The fourth-order valence-electron chi connectivity index (χ4n) is 5.59. The molecule has 2 aromatic carbocycles. The Bertz CT molecular complexity index is 1020. The van der Waals surface area contributed by atoms with Gasteiger partial charge >= 0.3 is 0 Å². The van der Waals surface area contributed by atoms with Crippen LogP contribution >= 0.6 is 0 Å².